The highest BCUT2D eigenvalue weighted by atomic mass is 16.2. The largest absolute Gasteiger partial charge is 0.337 e. The molecule has 0 radical (unpaired) electrons. The number of para-hydroxylation sites is 1. The van der Waals surface area contributed by atoms with Gasteiger partial charge in [-0.3, -0.25) is 9.78 Å². The summed E-state index contributed by atoms with van der Waals surface area (Å²) in [4.78, 5) is 34.0. The quantitative estimate of drug-likeness (QED) is 0.902. The average Bonchev–Trinajstić information content (AvgIpc) is 2.63. The molecule has 124 valence electrons. The SMILES string of the molecule is O=C(Nc1ccccc1)NC1CCN(C(=O)c2cnccn2)CC1. The third kappa shape index (κ3) is 4.07. The first-order chi connectivity index (χ1) is 11.7. The van der Waals surface area contributed by atoms with Gasteiger partial charge in [-0.15, -0.1) is 0 Å². The molecule has 0 spiro atoms. The van der Waals surface area contributed by atoms with E-state index in [2.05, 4.69) is 20.6 Å². The molecule has 1 fully saturated rings. The van der Waals surface area contributed by atoms with E-state index < -0.39 is 0 Å². The highest BCUT2D eigenvalue weighted by Crippen LogP contribution is 2.13. The Morgan fingerprint density at radius 3 is 2.50 bits per heavy atom. The number of carbonyl (C=O) groups excluding carboxylic acids is 2. The number of hydrogen-bond donors (Lipinski definition) is 2. The van der Waals surface area contributed by atoms with E-state index in [1.165, 1.54) is 18.6 Å². The summed E-state index contributed by atoms with van der Waals surface area (Å²) in [7, 11) is 0. The molecule has 0 bridgehead atoms. The predicted octanol–water partition coefficient (Wildman–Crippen LogP) is 1.90. The standard InChI is InChI=1S/C17H19N5O2/c23-16(15-12-18-8-9-19-15)22-10-6-14(7-11-22)21-17(24)20-13-4-2-1-3-5-13/h1-5,8-9,12,14H,6-7,10-11H2,(H2,20,21,24). The van der Waals surface area contributed by atoms with Crippen LogP contribution in [0.2, 0.25) is 0 Å². The summed E-state index contributed by atoms with van der Waals surface area (Å²) in [6, 6.07) is 9.13. The molecule has 1 aliphatic heterocycles. The molecule has 0 atom stereocenters. The summed E-state index contributed by atoms with van der Waals surface area (Å²) in [5, 5.41) is 5.75. The van der Waals surface area contributed by atoms with Crippen LogP contribution in [0, 0.1) is 0 Å². The van der Waals surface area contributed by atoms with Crippen LogP contribution in [0.15, 0.2) is 48.9 Å². The zero-order chi connectivity index (χ0) is 16.8. The molecule has 7 nitrogen and oxygen atoms in total. The monoisotopic (exact) mass is 325 g/mol. The van der Waals surface area contributed by atoms with Gasteiger partial charge in [0.1, 0.15) is 5.69 Å². The first-order valence-corrected chi connectivity index (χ1v) is 7.90. The molecule has 0 unspecified atom stereocenters. The Labute approximate surface area is 140 Å². The molecule has 2 N–H and O–H groups in total. The number of nitrogens with one attached hydrogen (secondary N) is 2. The maximum atomic E-state index is 12.3. The Bertz CT molecular complexity index is 685. The minimum atomic E-state index is -0.222. The Hall–Kier alpha value is -2.96. The molecule has 0 aliphatic carbocycles. The Morgan fingerprint density at radius 2 is 1.83 bits per heavy atom. The maximum absolute atomic E-state index is 12.3. The summed E-state index contributed by atoms with van der Waals surface area (Å²) < 4.78 is 0. The van der Waals surface area contributed by atoms with E-state index in [1.807, 2.05) is 30.3 Å². The molecule has 1 aliphatic rings. The second-order valence-corrected chi connectivity index (χ2v) is 5.62. The molecule has 1 aromatic carbocycles. The maximum Gasteiger partial charge on any atom is 0.319 e. The van der Waals surface area contributed by atoms with Gasteiger partial charge in [-0.25, -0.2) is 9.78 Å². The number of aromatic nitrogens is 2. The summed E-state index contributed by atoms with van der Waals surface area (Å²) in [5.74, 6) is -0.115. The van der Waals surface area contributed by atoms with Crippen LogP contribution in [0.25, 0.3) is 0 Å². The van der Waals surface area contributed by atoms with Gasteiger partial charge in [-0.2, -0.15) is 0 Å². The third-order valence-corrected chi connectivity index (χ3v) is 3.93. The number of likely N-dealkylation sites (tertiary alicyclic amines) is 1. The summed E-state index contributed by atoms with van der Waals surface area (Å²) in [5.41, 5.74) is 1.11. The van der Waals surface area contributed by atoms with Crippen LogP contribution in [-0.4, -0.2) is 45.9 Å². The van der Waals surface area contributed by atoms with Crippen LogP contribution in [0.4, 0.5) is 10.5 Å². The van der Waals surface area contributed by atoms with Crippen molar-refractivity contribution < 1.29 is 9.59 Å². The van der Waals surface area contributed by atoms with Crippen molar-refractivity contribution in [3.8, 4) is 0 Å². The van der Waals surface area contributed by atoms with Crippen molar-refractivity contribution in [3.05, 3.63) is 54.6 Å². The van der Waals surface area contributed by atoms with Crippen LogP contribution in [0.3, 0.4) is 0 Å². The smallest absolute Gasteiger partial charge is 0.319 e. The van der Waals surface area contributed by atoms with E-state index >= 15 is 0 Å². The molecule has 24 heavy (non-hydrogen) atoms. The third-order valence-electron chi connectivity index (χ3n) is 3.93. The number of hydrogen-bond acceptors (Lipinski definition) is 4. The Balaban J connectivity index is 1.47. The van der Waals surface area contributed by atoms with Gasteiger partial charge in [-0.05, 0) is 25.0 Å². The van der Waals surface area contributed by atoms with Gasteiger partial charge in [-0.1, -0.05) is 18.2 Å². The lowest BCUT2D eigenvalue weighted by Gasteiger charge is -2.32. The van der Waals surface area contributed by atoms with Crippen LogP contribution in [0.5, 0.6) is 0 Å². The minimum absolute atomic E-state index is 0.0552. The van der Waals surface area contributed by atoms with Crippen molar-refractivity contribution in [1.82, 2.24) is 20.2 Å². The second kappa shape index (κ2) is 7.54. The molecule has 3 rings (SSSR count). The van der Waals surface area contributed by atoms with Crippen molar-refractivity contribution in [1.29, 1.82) is 0 Å². The fourth-order valence-electron chi connectivity index (χ4n) is 2.67. The van der Waals surface area contributed by atoms with Crippen molar-refractivity contribution in [2.24, 2.45) is 0 Å². The number of anilines is 1. The first-order valence-electron chi connectivity index (χ1n) is 7.90. The van der Waals surface area contributed by atoms with Gasteiger partial charge in [0.15, 0.2) is 0 Å². The van der Waals surface area contributed by atoms with Gasteiger partial charge in [0.2, 0.25) is 0 Å². The van der Waals surface area contributed by atoms with Gasteiger partial charge in [0, 0.05) is 37.2 Å². The van der Waals surface area contributed by atoms with E-state index in [4.69, 9.17) is 0 Å². The van der Waals surface area contributed by atoms with Crippen molar-refractivity contribution in [3.63, 3.8) is 0 Å². The Morgan fingerprint density at radius 1 is 1.08 bits per heavy atom. The number of benzene rings is 1. The fraction of sp³-hybridized carbons (Fsp3) is 0.294. The van der Waals surface area contributed by atoms with Crippen molar-refractivity contribution in [2.45, 2.75) is 18.9 Å². The van der Waals surface area contributed by atoms with E-state index in [0.717, 1.165) is 5.69 Å². The lowest BCUT2D eigenvalue weighted by molar-refractivity contribution is 0.0702. The van der Waals surface area contributed by atoms with Crippen LogP contribution in [-0.2, 0) is 0 Å². The zero-order valence-corrected chi connectivity index (χ0v) is 13.2. The van der Waals surface area contributed by atoms with E-state index in [0.29, 0.717) is 31.6 Å². The number of amides is 3. The number of rotatable bonds is 3. The fourth-order valence-corrected chi connectivity index (χ4v) is 2.67. The van der Waals surface area contributed by atoms with Crippen LogP contribution in [0.1, 0.15) is 23.3 Å². The van der Waals surface area contributed by atoms with Gasteiger partial charge in [0.05, 0.1) is 6.20 Å². The number of urea groups is 1. The van der Waals surface area contributed by atoms with E-state index in [1.54, 1.807) is 4.90 Å². The molecule has 1 saturated heterocycles. The minimum Gasteiger partial charge on any atom is -0.337 e. The molecule has 0 saturated carbocycles. The van der Waals surface area contributed by atoms with Crippen molar-refractivity contribution >= 4 is 17.6 Å². The molecule has 3 amide bonds. The number of piperidine rings is 1. The summed E-state index contributed by atoms with van der Waals surface area (Å²) in [6.45, 7) is 1.18. The van der Waals surface area contributed by atoms with Gasteiger partial charge in [0.25, 0.3) is 5.91 Å². The van der Waals surface area contributed by atoms with Crippen LogP contribution >= 0.6 is 0 Å². The van der Waals surface area contributed by atoms with Crippen LogP contribution < -0.4 is 10.6 Å². The second-order valence-electron chi connectivity index (χ2n) is 5.62. The molecular formula is C17H19N5O2. The van der Waals surface area contributed by atoms with Gasteiger partial charge >= 0.3 is 6.03 Å². The van der Waals surface area contributed by atoms with Gasteiger partial charge < -0.3 is 15.5 Å². The zero-order valence-electron chi connectivity index (χ0n) is 13.2. The number of carbonyl (C=O) groups is 2. The Kier molecular flexibility index (Phi) is 5.00. The summed E-state index contributed by atoms with van der Waals surface area (Å²) >= 11 is 0. The first kappa shape index (κ1) is 15.9. The highest BCUT2D eigenvalue weighted by Gasteiger charge is 2.25. The lowest BCUT2D eigenvalue weighted by atomic mass is 10.0. The topological polar surface area (TPSA) is 87.2 Å². The van der Waals surface area contributed by atoms with E-state index in [-0.39, 0.29) is 18.0 Å². The molecule has 7 heteroatoms. The van der Waals surface area contributed by atoms with Crippen molar-refractivity contribution in [2.75, 3.05) is 18.4 Å². The summed E-state index contributed by atoms with van der Waals surface area (Å²) in [6.07, 6.45) is 5.95. The average molecular weight is 325 g/mol. The molecular weight excluding hydrogens is 306 g/mol. The molecule has 2 heterocycles. The molecule has 1 aromatic heterocycles. The predicted molar refractivity (Wildman–Crippen MR) is 89.6 cm³/mol. The lowest BCUT2D eigenvalue weighted by Crippen LogP contribution is -2.47. The molecule has 2 aromatic rings. The number of nitrogens with zero attached hydrogens (tertiary/aromatic N) is 3. The highest BCUT2D eigenvalue weighted by molar-refractivity contribution is 5.92. The normalized spacial score (nSPS) is 14.9. The van der Waals surface area contributed by atoms with E-state index in [9.17, 15) is 9.59 Å².